The Hall–Kier alpha value is -2.56. The molecule has 38 heavy (non-hydrogen) atoms. The molecule has 0 radical (unpaired) electrons. The molecule has 0 atom stereocenters. The topological polar surface area (TPSA) is 152 Å². The number of anilines is 1. The van der Waals surface area contributed by atoms with Gasteiger partial charge in [0.05, 0.1) is 28.8 Å². The summed E-state index contributed by atoms with van der Waals surface area (Å²) in [6, 6.07) is 6.01. The van der Waals surface area contributed by atoms with Gasteiger partial charge in [0.1, 0.15) is 16.2 Å². The van der Waals surface area contributed by atoms with E-state index in [1.54, 1.807) is 11.4 Å². The van der Waals surface area contributed by atoms with Crippen LogP contribution in [-0.2, 0) is 25.5 Å². The zero-order chi connectivity index (χ0) is 28.2. The monoisotopic (exact) mass is 635 g/mol. The largest absolute Gasteiger partial charge is 0.349 e. The van der Waals surface area contributed by atoms with Crippen LogP contribution in [0.2, 0.25) is 10.0 Å². The Morgan fingerprint density at radius 2 is 1.63 bits per heavy atom. The number of sulfonamides is 2. The van der Waals surface area contributed by atoms with Gasteiger partial charge in [0, 0.05) is 26.4 Å². The number of hydrogen-bond acceptors (Lipinski definition) is 10. The molecule has 0 aliphatic carbocycles. The quantitative estimate of drug-likeness (QED) is 0.324. The molecule has 0 unspecified atom stereocenters. The van der Waals surface area contributed by atoms with Gasteiger partial charge in [-0.2, -0.15) is 13.5 Å². The average molecular weight is 637 g/mol. The summed E-state index contributed by atoms with van der Waals surface area (Å²) in [4.78, 5) is 30.8. The van der Waals surface area contributed by atoms with Crippen LogP contribution in [-0.4, -0.2) is 49.1 Å². The summed E-state index contributed by atoms with van der Waals surface area (Å²) in [5.74, 6) is 0. The summed E-state index contributed by atoms with van der Waals surface area (Å²) < 4.78 is 49.8. The number of thiazole rings is 1. The van der Waals surface area contributed by atoms with Crippen molar-refractivity contribution < 1.29 is 16.8 Å². The van der Waals surface area contributed by atoms with E-state index >= 15 is 0 Å². The number of nitrogens with one attached hydrogen (secondary N) is 1. The molecule has 3 heterocycles. The number of rotatable bonds is 7. The lowest BCUT2D eigenvalue weighted by Crippen LogP contribution is -2.34. The first-order valence-corrected chi connectivity index (χ1v) is 16.6. The smallest absolute Gasteiger partial charge is 0.271 e. The van der Waals surface area contributed by atoms with Gasteiger partial charge < -0.3 is 0 Å². The van der Waals surface area contributed by atoms with Crippen LogP contribution in [0.25, 0.3) is 16.3 Å². The van der Waals surface area contributed by atoms with Crippen molar-refractivity contribution in [2.75, 3.05) is 16.2 Å². The Morgan fingerprint density at radius 1 is 1.03 bits per heavy atom. The molecule has 0 bridgehead atoms. The molecule has 0 spiro atoms. The van der Waals surface area contributed by atoms with Gasteiger partial charge in [-0.15, -0.1) is 22.7 Å². The molecule has 1 aromatic carbocycles. The fourth-order valence-corrected chi connectivity index (χ4v) is 10.3. The minimum Gasteiger partial charge on any atom is -0.271 e. The molecule has 3 aromatic heterocycles. The van der Waals surface area contributed by atoms with Crippen molar-refractivity contribution in [3.8, 4) is 16.3 Å². The molecule has 4 rings (SSSR count). The van der Waals surface area contributed by atoms with E-state index in [9.17, 15) is 26.4 Å². The Morgan fingerprint density at radius 3 is 2.18 bits per heavy atom. The standard InChI is InChI=1S/C21H19Cl2N5O6S4/c1-21(2,18-12(22)7-11(8-13(18)23)27-20(30)26-16(29)9-24-27)19-25-14(10-35-19)15-5-6-17(36-15)28(37(3,31)32)38(4,33)34/h5-10H,1-4H3,(H,26,29,30). The second kappa shape index (κ2) is 9.88. The second-order valence-electron chi connectivity index (χ2n) is 8.66. The molecule has 17 heteroatoms. The summed E-state index contributed by atoms with van der Waals surface area (Å²) in [7, 11) is -8.14. The third-order valence-electron chi connectivity index (χ3n) is 5.27. The maximum Gasteiger partial charge on any atom is 0.349 e. The molecule has 0 fully saturated rings. The number of aromatic nitrogens is 4. The van der Waals surface area contributed by atoms with Crippen molar-refractivity contribution in [3.63, 3.8) is 0 Å². The zero-order valence-electron chi connectivity index (χ0n) is 20.1. The van der Waals surface area contributed by atoms with E-state index in [0.717, 1.165) is 34.7 Å². The van der Waals surface area contributed by atoms with Crippen LogP contribution < -0.4 is 15.0 Å². The maximum absolute atomic E-state index is 12.1. The van der Waals surface area contributed by atoms with Crippen LogP contribution in [0.4, 0.5) is 5.00 Å². The van der Waals surface area contributed by atoms with Crippen molar-refractivity contribution in [1.82, 2.24) is 19.7 Å². The highest BCUT2D eigenvalue weighted by Crippen LogP contribution is 2.44. The highest BCUT2D eigenvalue weighted by Gasteiger charge is 2.33. The molecule has 11 nitrogen and oxygen atoms in total. The molecule has 202 valence electrons. The number of aromatic amines is 1. The summed E-state index contributed by atoms with van der Waals surface area (Å²) in [5.41, 5.74) is -0.877. The van der Waals surface area contributed by atoms with Crippen molar-refractivity contribution in [1.29, 1.82) is 0 Å². The Labute approximate surface area is 235 Å². The zero-order valence-corrected chi connectivity index (χ0v) is 24.9. The molecule has 1 N–H and O–H groups in total. The predicted octanol–water partition coefficient (Wildman–Crippen LogP) is 3.46. The van der Waals surface area contributed by atoms with Crippen LogP contribution in [0, 0.1) is 0 Å². The van der Waals surface area contributed by atoms with Crippen molar-refractivity contribution in [3.05, 3.63) is 77.3 Å². The number of thiophene rings is 1. The van der Waals surface area contributed by atoms with E-state index in [1.165, 1.54) is 29.5 Å². The van der Waals surface area contributed by atoms with Crippen LogP contribution in [0.3, 0.4) is 0 Å². The number of nitrogens with zero attached hydrogens (tertiary/aromatic N) is 4. The fourth-order valence-electron chi connectivity index (χ4n) is 3.73. The van der Waals surface area contributed by atoms with E-state index in [0.29, 0.717) is 24.9 Å². The lowest BCUT2D eigenvalue weighted by Gasteiger charge is -2.25. The number of hydrogen-bond donors (Lipinski definition) is 1. The van der Waals surface area contributed by atoms with E-state index in [4.69, 9.17) is 28.2 Å². The molecule has 4 aromatic rings. The number of benzene rings is 1. The summed E-state index contributed by atoms with van der Waals surface area (Å²) >= 11 is 15.5. The van der Waals surface area contributed by atoms with E-state index in [1.807, 2.05) is 13.8 Å². The minimum absolute atomic E-state index is 0.0200. The summed E-state index contributed by atoms with van der Waals surface area (Å²) in [6.45, 7) is 3.73. The first kappa shape index (κ1) is 28.4. The minimum atomic E-state index is -4.07. The normalized spacial score (nSPS) is 12.6. The Bertz CT molecular complexity index is 1840. The fraction of sp³-hybridized carbons (Fsp3) is 0.238. The lowest BCUT2D eigenvalue weighted by atomic mass is 9.85. The van der Waals surface area contributed by atoms with Gasteiger partial charge in [-0.3, -0.25) is 9.78 Å². The van der Waals surface area contributed by atoms with Gasteiger partial charge in [0.25, 0.3) is 5.56 Å². The molecule has 0 aliphatic rings. The van der Waals surface area contributed by atoms with Gasteiger partial charge >= 0.3 is 5.69 Å². The van der Waals surface area contributed by atoms with Crippen molar-refractivity contribution >= 4 is 70.9 Å². The van der Waals surface area contributed by atoms with Crippen LogP contribution in [0.1, 0.15) is 24.4 Å². The van der Waals surface area contributed by atoms with Crippen molar-refractivity contribution in [2.45, 2.75) is 19.3 Å². The number of H-pyrrole nitrogens is 1. The number of halogens is 2. The van der Waals surface area contributed by atoms with E-state index < -0.39 is 36.7 Å². The molecular formula is C21H19Cl2N5O6S4. The maximum atomic E-state index is 12.1. The van der Waals surface area contributed by atoms with Gasteiger partial charge in [0.15, 0.2) is 0 Å². The second-order valence-corrected chi connectivity index (χ2v) is 15.3. The SMILES string of the molecule is CC(C)(c1nc(-c2ccc(N(S(C)(=O)=O)S(C)(=O)=O)s2)cs1)c1c(Cl)cc(-n2ncc(=O)[nH]c2=O)cc1Cl. The summed E-state index contributed by atoms with van der Waals surface area (Å²) in [6.07, 6.45) is 2.59. The van der Waals surface area contributed by atoms with Gasteiger partial charge in [0.2, 0.25) is 20.0 Å². The van der Waals surface area contributed by atoms with Crippen LogP contribution >= 0.6 is 45.9 Å². The molecule has 0 amide bonds. The molecule has 0 saturated heterocycles. The third kappa shape index (κ3) is 5.44. The lowest BCUT2D eigenvalue weighted by molar-refractivity contribution is 0.591. The van der Waals surface area contributed by atoms with E-state index in [-0.39, 0.29) is 20.7 Å². The summed E-state index contributed by atoms with van der Waals surface area (Å²) in [5, 5.41) is 6.71. The highest BCUT2D eigenvalue weighted by atomic mass is 35.5. The highest BCUT2D eigenvalue weighted by molar-refractivity contribution is 8.09. The van der Waals surface area contributed by atoms with Crippen LogP contribution in [0.15, 0.2) is 45.4 Å². The first-order chi connectivity index (χ1) is 17.5. The van der Waals surface area contributed by atoms with E-state index in [2.05, 4.69) is 10.1 Å². The van der Waals surface area contributed by atoms with Gasteiger partial charge in [-0.25, -0.2) is 26.6 Å². The third-order valence-corrected chi connectivity index (χ3v) is 11.6. The molecule has 0 saturated carbocycles. The predicted molar refractivity (Wildman–Crippen MR) is 150 cm³/mol. The van der Waals surface area contributed by atoms with Crippen molar-refractivity contribution in [2.24, 2.45) is 0 Å². The van der Waals surface area contributed by atoms with Crippen LogP contribution in [0.5, 0.6) is 0 Å². The average Bonchev–Trinajstić information content (AvgIpc) is 3.41. The van der Waals surface area contributed by atoms with Gasteiger partial charge in [-0.1, -0.05) is 23.2 Å². The Kier molecular flexibility index (Phi) is 7.40. The molecular weight excluding hydrogens is 617 g/mol. The first-order valence-electron chi connectivity index (χ1n) is 10.5. The Balaban J connectivity index is 1.72. The molecule has 0 aliphatic heterocycles. The van der Waals surface area contributed by atoms with Gasteiger partial charge in [-0.05, 0) is 38.1 Å².